The Balaban J connectivity index is 2.62. The fourth-order valence-electron chi connectivity index (χ4n) is 1.47. The van der Waals surface area contributed by atoms with Crippen molar-refractivity contribution in [1.29, 1.82) is 5.26 Å². The molecule has 0 aliphatic heterocycles. The van der Waals surface area contributed by atoms with Gasteiger partial charge in [-0.2, -0.15) is 5.26 Å². The van der Waals surface area contributed by atoms with E-state index in [1.54, 1.807) is 23.7 Å². The van der Waals surface area contributed by atoms with Crippen LogP contribution in [0.4, 0.5) is 4.39 Å². The second-order valence-corrected chi connectivity index (χ2v) is 4.01. The molecule has 0 saturated heterocycles. The summed E-state index contributed by atoms with van der Waals surface area (Å²) in [7, 11) is 1.72. The Morgan fingerprint density at radius 2 is 2.25 bits per heavy atom. The normalized spacial score (nSPS) is 10.1. The molecular formula is C11H7BrFN3. The van der Waals surface area contributed by atoms with E-state index in [0.717, 1.165) is 0 Å². The second kappa shape index (κ2) is 4.06. The maximum Gasteiger partial charge on any atom is 0.154 e. The highest BCUT2D eigenvalue weighted by molar-refractivity contribution is 9.10. The van der Waals surface area contributed by atoms with Crippen molar-refractivity contribution in [2.45, 2.75) is 0 Å². The smallest absolute Gasteiger partial charge is 0.154 e. The molecule has 1 heterocycles. The van der Waals surface area contributed by atoms with E-state index in [4.69, 9.17) is 5.26 Å². The fraction of sp³-hybridized carbons (Fsp3) is 0.0909. The number of nitriles is 1. The molecular weight excluding hydrogens is 273 g/mol. The SMILES string of the molecule is Cn1c(-c2cccc(F)c2)nc(Br)c1C#N. The minimum Gasteiger partial charge on any atom is -0.318 e. The van der Waals surface area contributed by atoms with Gasteiger partial charge in [0.05, 0.1) is 0 Å². The molecule has 0 aliphatic carbocycles. The van der Waals surface area contributed by atoms with Gasteiger partial charge in [-0.1, -0.05) is 12.1 Å². The van der Waals surface area contributed by atoms with Gasteiger partial charge in [-0.3, -0.25) is 0 Å². The lowest BCUT2D eigenvalue weighted by Gasteiger charge is -2.01. The van der Waals surface area contributed by atoms with Crippen molar-refractivity contribution in [2.75, 3.05) is 0 Å². The van der Waals surface area contributed by atoms with Crippen LogP contribution in [0.3, 0.4) is 0 Å². The van der Waals surface area contributed by atoms with Crippen LogP contribution in [-0.4, -0.2) is 9.55 Å². The summed E-state index contributed by atoms with van der Waals surface area (Å²) in [6, 6.07) is 8.14. The number of aromatic nitrogens is 2. The average molecular weight is 280 g/mol. The molecule has 2 aromatic rings. The summed E-state index contributed by atoms with van der Waals surface area (Å²) in [6.45, 7) is 0. The predicted octanol–water partition coefficient (Wildman–Crippen LogP) is 2.86. The number of halogens is 2. The van der Waals surface area contributed by atoms with Gasteiger partial charge in [-0.25, -0.2) is 9.37 Å². The highest BCUT2D eigenvalue weighted by Crippen LogP contribution is 2.24. The van der Waals surface area contributed by atoms with Crippen molar-refractivity contribution < 1.29 is 4.39 Å². The maximum absolute atomic E-state index is 13.1. The van der Waals surface area contributed by atoms with Crippen LogP contribution in [0.2, 0.25) is 0 Å². The van der Waals surface area contributed by atoms with Gasteiger partial charge in [0.15, 0.2) is 5.69 Å². The van der Waals surface area contributed by atoms with Gasteiger partial charge in [-0.15, -0.1) is 0 Å². The van der Waals surface area contributed by atoms with Gasteiger partial charge >= 0.3 is 0 Å². The molecule has 0 N–H and O–H groups in total. The van der Waals surface area contributed by atoms with Gasteiger partial charge in [0.1, 0.15) is 22.3 Å². The number of hydrogen-bond acceptors (Lipinski definition) is 2. The van der Waals surface area contributed by atoms with E-state index >= 15 is 0 Å². The molecule has 0 bridgehead atoms. The standard InChI is InChI=1S/C11H7BrFN3/c1-16-9(6-14)10(12)15-11(16)7-3-2-4-8(13)5-7/h2-5H,1H3. The van der Waals surface area contributed by atoms with E-state index in [1.165, 1.54) is 12.1 Å². The van der Waals surface area contributed by atoms with E-state index in [-0.39, 0.29) is 5.82 Å². The lowest BCUT2D eigenvalue weighted by Crippen LogP contribution is -1.95. The molecule has 80 valence electrons. The van der Waals surface area contributed by atoms with Crippen molar-refractivity contribution >= 4 is 15.9 Å². The third-order valence-corrected chi connectivity index (χ3v) is 2.79. The Kier molecular flexibility index (Phi) is 2.75. The molecule has 5 heteroatoms. The molecule has 0 amide bonds. The molecule has 2 rings (SSSR count). The molecule has 16 heavy (non-hydrogen) atoms. The molecule has 0 radical (unpaired) electrons. The highest BCUT2D eigenvalue weighted by Gasteiger charge is 2.13. The van der Waals surface area contributed by atoms with Crippen molar-refractivity contribution in [1.82, 2.24) is 9.55 Å². The highest BCUT2D eigenvalue weighted by atomic mass is 79.9. The largest absolute Gasteiger partial charge is 0.318 e. The summed E-state index contributed by atoms with van der Waals surface area (Å²) in [6.07, 6.45) is 0. The summed E-state index contributed by atoms with van der Waals surface area (Å²) in [4.78, 5) is 4.18. The molecule has 0 saturated carbocycles. The number of benzene rings is 1. The first kappa shape index (κ1) is 10.8. The van der Waals surface area contributed by atoms with Crippen LogP contribution in [0, 0.1) is 17.1 Å². The summed E-state index contributed by atoms with van der Waals surface area (Å²) < 4.78 is 15.2. The van der Waals surface area contributed by atoms with Gasteiger partial charge < -0.3 is 4.57 Å². The van der Waals surface area contributed by atoms with E-state index in [9.17, 15) is 4.39 Å². The number of rotatable bonds is 1. The van der Waals surface area contributed by atoms with E-state index in [0.29, 0.717) is 21.7 Å². The zero-order valence-electron chi connectivity index (χ0n) is 8.41. The van der Waals surface area contributed by atoms with Crippen LogP contribution in [0.25, 0.3) is 11.4 Å². The molecule has 1 aromatic carbocycles. The second-order valence-electron chi connectivity index (χ2n) is 3.26. The molecule has 0 spiro atoms. The summed E-state index contributed by atoms with van der Waals surface area (Å²) in [5.74, 6) is 0.234. The zero-order chi connectivity index (χ0) is 11.7. The van der Waals surface area contributed by atoms with Crippen LogP contribution in [0.1, 0.15) is 5.69 Å². The Labute approximate surface area is 100 Å². The molecule has 3 nitrogen and oxygen atoms in total. The number of imidazole rings is 1. The van der Waals surface area contributed by atoms with Crippen LogP contribution >= 0.6 is 15.9 Å². The molecule has 0 atom stereocenters. The molecule has 0 aliphatic rings. The van der Waals surface area contributed by atoms with E-state index in [2.05, 4.69) is 20.9 Å². The van der Waals surface area contributed by atoms with Crippen LogP contribution < -0.4 is 0 Å². The summed E-state index contributed by atoms with van der Waals surface area (Å²) in [5, 5.41) is 8.90. The lowest BCUT2D eigenvalue weighted by molar-refractivity contribution is 0.628. The Morgan fingerprint density at radius 3 is 2.81 bits per heavy atom. The third kappa shape index (κ3) is 1.72. The van der Waals surface area contributed by atoms with Crippen LogP contribution in [0.15, 0.2) is 28.9 Å². The Morgan fingerprint density at radius 1 is 1.50 bits per heavy atom. The first-order valence-electron chi connectivity index (χ1n) is 4.51. The Bertz CT molecular complexity index is 583. The van der Waals surface area contributed by atoms with Crippen LogP contribution in [0.5, 0.6) is 0 Å². The van der Waals surface area contributed by atoms with Crippen LogP contribution in [-0.2, 0) is 7.05 Å². The predicted molar refractivity (Wildman–Crippen MR) is 61.0 cm³/mol. The average Bonchev–Trinajstić information content (AvgIpc) is 2.54. The first-order chi connectivity index (χ1) is 7.63. The fourth-order valence-corrected chi connectivity index (χ4v) is 1.99. The third-order valence-electron chi connectivity index (χ3n) is 2.24. The topological polar surface area (TPSA) is 41.6 Å². The van der Waals surface area contributed by atoms with Crippen molar-refractivity contribution in [3.05, 3.63) is 40.4 Å². The Hall–Kier alpha value is -1.67. The van der Waals surface area contributed by atoms with Crippen molar-refractivity contribution in [2.24, 2.45) is 7.05 Å². The van der Waals surface area contributed by atoms with Gasteiger partial charge in [-0.05, 0) is 28.1 Å². The molecule has 0 unspecified atom stereocenters. The van der Waals surface area contributed by atoms with Gasteiger partial charge in [0, 0.05) is 12.6 Å². The van der Waals surface area contributed by atoms with Gasteiger partial charge in [0.25, 0.3) is 0 Å². The van der Waals surface area contributed by atoms with Crippen molar-refractivity contribution in [3.8, 4) is 17.5 Å². The maximum atomic E-state index is 13.1. The van der Waals surface area contributed by atoms with Crippen molar-refractivity contribution in [3.63, 3.8) is 0 Å². The lowest BCUT2D eigenvalue weighted by atomic mass is 10.2. The summed E-state index contributed by atoms with van der Waals surface area (Å²) >= 11 is 3.20. The number of hydrogen-bond donors (Lipinski definition) is 0. The van der Waals surface area contributed by atoms with Gasteiger partial charge in [0.2, 0.25) is 0 Å². The minimum atomic E-state index is -0.324. The molecule has 0 fully saturated rings. The molecule has 1 aromatic heterocycles. The van der Waals surface area contributed by atoms with E-state index in [1.807, 2.05) is 6.07 Å². The quantitative estimate of drug-likeness (QED) is 0.806. The number of nitrogens with zero attached hydrogens (tertiary/aromatic N) is 3. The summed E-state index contributed by atoms with van der Waals surface area (Å²) in [5.41, 5.74) is 1.06. The zero-order valence-corrected chi connectivity index (χ0v) is 9.99. The first-order valence-corrected chi connectivity index (χ1v) is 5.31. The monoisotopic (exact) mass is 279 g/mol. The minimum absolute atomic E-state index is 0.324. The van der Waals surface area contributed by atoms with E-state index < -0.39 is 0 Å².